The number of hydrogen-bond donors (Lipinski definition) is 0. The van der Waals surface area contributed by atoms with E-state index < -0.39 is 8.32 Å². The first-order valence-electron chi connectivity index (χ1n) is 9.38. The van der Waals surface area contributed by atoms with Crippen LogP contribution in [0.25, 0.3) is 12.2 Å². The highest BCUT2D eigenvalue weighted by Crippen LogP contribution is 2.42. The maximum Gasteiger partial charge on any atom is 0.200 e. The maximum atomic E-state index is 6.60. The van der Waals surface area contributed by atoms with Gasteiger partial charge in [0.1, 0.15) is 0 Å². The van der Waals surface area contributed by atoms with Crippen molar-refractivity contribution >= 4 is 20.5 Å². The normalized spacial score (nSPS) is 12.7. The van der Waals surface area contributed by atoms with E-state index in [1.165, 1.54) is 11.1 Å². The number of unbranched alkanes of at least 4 members (excludes halogenated alkanes) is 1. The smallest absolute Gasteiger partial charge is 0.200 e. The molecule has 0 radical (unpaired) electrons. The Morgan fingerprint density at radius 3 is 2.00 bits per heavy atom. The molecule has 0 aliphatic carbocycles. The zero-order valence-corrected chi connectivity index (χ0v) is 17.5. The molecule has 1 aromatic rings. The second kappa shape index (κ2) is 10.0. The second-order valence-corrected chi connectivity index (χ2v) is 13.0. The fourth-order valence-corrected chi connectivity index (χ4v) is 9.51. The molecule has 0 atom stereocenters. The van der Waals surface area contributed by atoms with E-state index in [0.717, 1.165) is 19.4 Å². The van der Waals surface area contributed by atoms with Crippen LogP contribution >= 0.6 is 0 Å². The summed E-state index contributed by atoms with van der Waals surface area (Å²) in [7, 11) is -1.70. The topological polar surface area (TPSA) is 9.23 Å². The zero-order chi connectivity index (χ0) is 18.2. The summed E-state index contributed by atoms with van der Waals surface area (Å²) in [5.41, 5.74) is 4.41. The van der Waals surface area contributed by atoms with Crippen LogP contribution in [0.15, 0.2) is 36.9 Å². The Kier molecular flexibility index (Phi) is 8.72. The molecule has 1 nitrogen and oxygen atoms in total. The van der Waals surface area contributed by atoms with Crippen LogP contribution in [0.4, 0.5) is 0 Å². The Morgan fingerprint density at radius 2 is 1.50 bits per heavy atom. The van der Waals surface area contributed by atoms with Crippen molar-refractivity contribution < 1.29 is 4.43 Å². The summed E-state index contributed by atoms with van der Waals surface area (Å²) in [6.07, 6.45) is 8.53. The molecular weight excluding hydrogens is 308 g/mol. The minimum Gasteiger partial charge on any atom is -0.416 e. The van der Waals surface area contributed by atoms with Gasteiger partial charge in [0.15, 0.2) is 8.32 Å². The molecule has 0 aliphatic rings. The van der Waals surface area contributed by atoms with E-state index in [-0.39, 0.29) is 0 Å². The molecular formula is C22H36OSi. The van der Waals surface area contributed by atoms with Crippen molar-refractivity contribution in [1.82, 2.24) is 0 Å². The van der Waals surface area contributed by atoms with Gasteiger partial charge in [-0.15, -0.1) is 0 Å². The average Bonchev–Trinajstić information content (AvgIpc) is 2.53. The largest absolute Gasteiger partial charge is 0.416 e. The first kappa shape index (κ1) is 20.9. The summed E-state index contributed by atoms with van der Waals surface area (Å²) in [4.78, 5) is 0. The van der Waals surface area contributed by atoms with Gasteiger partial charge in [0.25, 0.3) is 0 Å². The number of allylic oxidation sites excluding steroid dienone is 1. The van der Waals surface area contributed by atoms with Crippen molar-refractivity contribution in [3.05, 3.63) is 48.0 Å². The van der Waals surface area contributed by atoms with Gasteiger partial charge in [-0.05, 0) is 40.6 Å². The molecule has 0 spiro atoms. The highest BCUT2D eigenvalue weighted by Gasteiger charge is 2.44. The Hall–Kier alpha value is -1.12. The van der Waals surface area contributed by atoms with Gasteiger partial charge in [-0.25, -0.2) is 0 Å². The molecule has 0 saturated carbocycles. The minimum absolute atomic E-state index is 0.660. The minimum atomic E-state index is -1.70. The van der Waals surface area contributed by atoms with E-state index >= 15 is 0 Å². The molecule has 0 amide bonds. The SMILES string of the molecule is C=Cc1ccccc1C=CCCCO[Si](C(C)C)(C(C)C)C(C)C. The molecule has 0 N–H and O–H groups in total. The van der Waals surface area contributed by atoms with Gasteiger partial charge >= 0.3 is 0 Å². The Bertz CT molecular complexity index is 507. The lowest BCUT2D eigenvalue weighted by Gasteiger charge is -2.42. The van der Waals surface area contributed by atoms with E-state index in [2.05, 4.69) is 84.5 Å². The van der Waals surface area contributed by atoms with E-state index in [9.17, 15) is 0 Å². The third kappa shape index (κ3) is 5.19. The molecule has 0 fully saturated rings. The Labute approximate surface area is 151 Å². The molecule has 0 aliphatic heterocycles. The standard InChI is InChI=1S/C22H36OSi/c1-8-21-14-11-12-16-22(21)15-10-9-13-17-23-24(18(2)3,19(4)5)20(6)7/h8,10-12,14-16,18-20H,1,9,13,17H2,2-7H3. The zero-order valence-electron chi connectivity index (χ0n) is 16.5. The van der Waals surface area contributed by atoms with Crippen LogP contribution in [0.5, 0.6) is 0 Å². The summed E-state index contributed by atoms with van der Waals surface area (Å²) < 4.78 is 6.60. The van der Waals surface area contributed by atoms with Crippen molar-refractivity contribution in [3.8, 4) is 0 Å². The highest BCUT2D eigenvalue weighted by molar-refractivity contribution is 6.77. The fraction of sp³-hybridized carbons (Fsp3) is 0.545. The van der Waals surface area contributed by atoms with Crippen LogP contribution in [-0.4, -0.2) is 14.9 Å². The van der Waals surface area contributed by atoms with Gasteiger partial charge in [0.05, 0.1) is 0 Å². The molecule has 0 unspecified atom stereocenters. The first-order chi connectivity index (χ1) is 11.4. The van der Waals surface area contributed by atoms with Gasteiger partial charge < -0.3 is 4.43 Å². The maximum absolute atomic E-state index is 6.60. The van der Waals surface area contributed by atoms with E-state index in [1.54, 1.807) is 0 Å². The van der Waals surface area contributed by atoms with Crippen LogP contribution < -0.4 is 0 Å². The molecule has 0 saturated heterocycles. The summed E-state index contributed by atoms with van der Waals surface area (Å²) in [5.74, 6) is 0. The van der Waals surface area contributed by atoms with Crippen molar-refractivity contribution in [1.29, 1.82) is 0 Å². The molecule has 134 valence electrons. The van der Waals surface area contributed by atoms with Crippen LogP contribution in [0, 0.1) is 0 Å². The Balaban J connectivity index is 2.55. The fourth-order valence-electron chi connectivity index (χ4n) is 4.01. The molecule has 24 heavy (non-hydrogen) atoms. The van der Waals surface area contributed by atoms with E-state index in [1.807, 2.05) is 6.08 Å². The molecule has 0 aromatic heterocycles. The summed E-state index contributed by atoms with van der Waals surface area (Å²) in [5, 5.41) is 0. The highest BCUT2D eigenvalue weighted by atomic mass is 28.4. The predicted octanol–water partition coefficient (Wildman–Crippen LogP) is 7.32. The lowest BCUT2D eigenvalue weighted by molar-refractivity contribution is 0.273. The molecule has 2 heteroatoms. The second-order valence-electron chi connectivity index (χ2n) is 7.54. The number of hydrogen-bond acceptors (Lipinski definition) is 1. The molecule has 0 bridgehead atoms. The van der Waals surface area contributed by atoms with Crippen molar-refractivity contribution in [2.45, 2.75) is 71.0 Å². The van der Waals surface area contributed by atoms with E-state index in [4.69, 9.17) is 4.43 Å². The van der Waals surface area contributed by atoms with Gasteiger partial charge in [0, 0.05) is 6.61 Å². The molecule has 0 heterocycles. The monoisotopic (exact) mass is 344 g/mol. The van der Waals surface area contributed by atoms with Crippen molar-refractivity contribution in [3.63, 3.8) is 0 Å². The number of rotatable bonds is 10. The first-order valence-corrected chi connectivity index (χ1v) is 11.5. The van der Waals surface area contributed by atoms with Crippen LogP contribution in [-0.2, 0) is 4.43 Å². The predicted molar refractivity (Wildman–Crippen MR) is 112 cm³/mol. The third-order valence-electron chi connectivity index (χ3n) is 5.09. The summed E-state index contributed by atoms with van der Waals surface area (Å²) in [6.45, 7) is 18.8. The van der Waals surface area contributed by atoms with E-state index in [0.29, 0.717) is 16.6 Å². The average molecular weight is 345 g/mol. The van der Waals surface area contributed by atoms with Crippen molar-refractivity contribution in [2.24, 2.45) is 0 Å². The van der Waals surface area contributed by atoms with Gasteiger partial charge in [-0.2, -0.15) is 0 Å². The van der Waals surface area contributed by atoms with Crippen LogP contribution in [0.3, 0.4) is 0 Å². The summed E-state index contributed by atoms with van der Waals surface area (Å²) >= 11 is 0. The van der Waals surface area contributed by atoms with Gasteiger partial charge in [-0.1, -0.05) is 90.6 Å². The number of benzene rings is 1. The Morgan fingerprint density at radius 1 is 0.958 bits per heavy atom. The van der Waals surface area contributed by atoms with Crippen LogP contribution in [0.2, 0.25) is 16.6 Å². The van der Waals surface area contributed by atoms with Gasteiger partial charge in [0.2, 0.25) is 0 Å². The van der Waals surface area contributed by atoms with Crippen molar-refractivity contribution in [2.75, 3.05) is 6.61 Å². The third-order valence-corrected chi connectivity index (χ3v) is 11.2. The molecule has 1 aromatic carbocycles. The lowest BCUT2D eigenvalue weighted by atomic mass is 10.1. The van der Waals surface area contributed by atoms with Crippen LogP contribution in [0.1, 0.15) is 65.5 Å². The van der Waals surface area contributed by atoms with Gasteiger partial charge in [-0.3, -0.25) is 0 Å². The lowest BCUT2D eigenvalue weighted by Crippen LogP contribution is -2.47. The summed E-state index contributed by atoms with van der Waals surface area (Å²) in [6, 6.07) is 8.36. The quantitative estimate of drug-likeness (QED) is 0.319. The molecule has 1 rings (SSSR count).